The van der Waals surface area contributed by atoms with Gasteiger partial charge in [-0.15, -0.1) is 0 Å². The summed E-state index contributed by atoms with van der Waals surface area (Å²) < 4.78 is 58.1. The van der Waals surface area contributed by atoms with Crippen LogP contribution in [0.1, 0.15) is 29.9 Å². The molecule has 1 fully saturated rings. The highest BCUT2D eigenvalue weighted by atomic mass is 32.2. The van der Waals surface area contributed by atoms with Gasteiger partial charge in [0.15, 0.2) is 0 Å². The standard InChI is InChI=1S/C18H18F2N4O3S/c1-27-17-12(7-16(19)20)8-22-18(23-17)24-28(25,26)15-9-21-14-6-11(10-2-3-10)4-5-13(14)15/h4-6,8-10,16,21H,2-3,7H2,1H3,(H,22,23,24). The minimum atomic E-state index is -3.98. The second-order valence-corrected chi connectivity index (χ2v) is 8.31. The summed E-state index contributed by atoms with van der Waals surface area (Å²) in [5.74, 6) is 0.207. The van der Waals surface area contributed by atoms with E-state index in [4.69, 9.17) is 4.74 Å². The van der Waals surface area contributed by atoms with Crippen LogP contribution in [-0.4, -0.2) is 36.9 Å². The van der Waals surface area contributed by atoms with Crippen LogP contribution in [0.25, 0.3) is 10.9 Å². The molecule has 148 valence electrons. The highest BCUT2D eigenvalue weighted by Gasteiger charge is 2.26. The number of hydrogen-bond donors (Lipinski definition) is 2. The zero-order valence-corrected chi connectivity index (χ0v) is 15.8. The lowest BCUT2D eigenvalue weighted by Gasteiger charge is -2.10. The first kappa shape index (κ1) is 18.6. The smallest absolute Gasteiger partial charge is 0.266 e. The average molecular weight is 408 g/mol. The first-order chi connectivity index (χ1) is 13.4. The van der Waals surface area contributed by atoms with Crippen molar-refractivity contribution in [1.82, 2.24) is 15.0 Å². The number of alkyl halides is 2. The highest BCUT2D eigenvalue weighted by Crippen LogP contribution is 2.41. The number of nitrogens with zero attached hydrogens (tertiary/aromatic N) is 2. The molecule has 2 aromatic heterocycles. The molecule has 2 heterocycles. The molecule has 28 heavy (non-hydrogen) atoms. The van der Waals surface area contributed by atoms with Crippen molar-refractivity contribution < 1.29 is 21.9 Å². The van der Waals surface area contributed by atoms with Crippen molar-refractivity contribution in [3.05, 3.63) is 41.7 Å². The second kappa shape index (κ2) is 7.01. The first-order valence-corrected chi connectivity index (χ1v) is 10.2. The van der Waals surface area contributed by atoms with Crippen LogP contribution < -0.4 is 9.46 Å². The van der Waals surface area contributed by atoms with Crippen LogP contribution in [0.5, 0.6) is 5.88 Å². The van der Waals surface area contributed by atoms with Crippen LogP contribution in [0, 0.1) is 0 Å². The summed E-state index contributed by atoms with van der Waals surface area (Å²) in [5.41, 5.74) is 2.02. The van der Waals surface area contributed by atoms with Gasteiger partial charge in [0.25, 0.3) is 10.0 Å². The summed E-state index contributed by atoms with van der Waals surface area (Å²) in [4.78, 5) is 10.8. The summed E-state index contributed by atoms with van der Waals surface area (Å²) in [5, 5.41) is 0.554. The van der Waals surface area contributed by atoms with Gasteiger partial charge in [-0.3, -0.25) is 0 Å². The van der Waals surface area contributed by atoms with E-state index in [1.54, 1.807) is 6.07 Å². The van der Waals surface area contributed by atoms with Crippen molar-refractivity contribution in [1.29, 1.82) is 0 Å². The molecule has 7 nitrogen and oxygen atoms in total. The lowest BCUT2D eigenvalue weighted by Crippen LogP contribution is -2.15. The Hall–Kier alpha value is -2.75. The molecule has 0 radical (unpaired) electrons. The van der Waals surface area contributed by atoms with Crippen LogP contribution in [0.2, 0.25) is 0 Å². The molecule has 0 aliphatic heterocycles. The molecule has 0 spiro atoms. The van der Waals surface area contributed by atoms with E-state index >= 15 is 0 Å². The van der Waals surface area contributed by atoms with Crippen molar-refractivity contribution in [2.24, 2.45) is 0 Å². The molecule has 0 amide bonds. The predicted octanol–water partition coefficient (Wildman–Crippen LogP) is 3.45. The van der Waals surface area contributed by atoms with E-state index in [1.165, 1.54) is 18.9 Å². The van der Waals surface area contributed by atoms with Crippen molar-refractivity contribution in [2.45, 2.75) is 36.5 Å². The molecule has 0 atom stereocenters. The molecule has 1 aromatic carbocycles. The van der Waals surface area contributed by atoms with Gasteiger partial charge in [-0.1, -0.05) is 12.1 Å². The number of halogens is 2. The number of methoxy groups -OCH3 is 1. The van der Waals surface area contributed by atoms with Gasteiger partial charge in [-0.25, -0.2) is 26.9 Å². The Labute approximate surface area is 160 Å². The maximum atomic E-state index is 12.8. The Kier molecular flexibility index (Phi) is 4.66. The van der Waals surface area contributed by atoms with Gasteiger partial charge in [0, 0.05) is 35.3 Å². The summed E-state index contributed by atoms with van der Waals surface area (Å²) in [6.45, 7) is 0. The summed E-state index contributed by atoms with van der Waals surface area (Å²) in [6.07, 6.45) is 1.67. The zero-order valence-electron chi connectivity index (χ0n) is 14.9. The van der Waals surface area contributed by atoms with Crippen LogP contribution in [0.4, 0.5) is 14.7 Å². The number of rotatable bonds is 7. The van der Waals surface area contributed by atoms with Gasteiger partial charge in [-0.05, 0) is 30.4 Å². The molecule has 2 N–H and O–H groups in total. The number of aromatic nitrogens is 3. The fourth-order valence-corrected chi connectivity index (χ4v) is 4.24. The summed E-state index contributed by atoms with van der Waals surface area (Å²) in [6, 6.07) is 5.68. The molecule has 10 heteroatoms. The molecule has 0 unspecified atom stereocenters. The molecule has 3 aromatic rings. The van der Waals surface area contributed by atoms with Gasteiger partial charge in [0.05, 0.1) is 7.11 Å². The lowest BCUT2D eigenvalue weighted by atomic mass is 10.1. The van der Waals surface area contributed by atoms with E-state index in [0.717, 1.165) is 24.6 Å². The number of H-pyrrole nitrogens is 1. The highest BCUT2D eigenvalue weighted by molar-refractivity contribution is 7.93. The van der Waals surface area contributed by atoms with E-state index < -0.39 is 22.9 Å². The van der Waals surface area contributed by atoms with Crippen LogP contribution in [-0.2, 0) is 16.4 Å². The predicted molar refractivity (Wildman–Crippen MR) is 99.4 cm³/mol. The van der Waals surface area contributed by atoms with Crippen LogP contribution in [0.15, 0.2) is 35.5 Å². The number of benzene rings is 1. The van der Waals surface area contributed by atoms with Crippen molar-refractivity contribution in [3.8, 4) is 5.88 Å². The van der Waals surface area contributed by atoms with Gasteiger partial charge in [-0.2, -0.15) is 4.98 Å². The molecular formula is C18H18F2N4O3S. The molecule has 0 bridgehead atoms. The Morgan fingerprint density at radius 1 is 1.36 bits per heavy atom. The number of aromatic amines is 1. The SMILES string of the molecule is COc1nc(NS(=O)(=O)c2c[nH]c3cc(C4CC4)ccc23)ncc1CC(F)F. The van der Waals surface area contributed by atoms with Gasteiger partial charge in [0.1, 0.15) is 4.90 Å². The number of anilines is 1. The lowest BCUT2D eigenvalue weighted by molar-refractivity contribution is 0.147. The monoisotopic (exact) mass is 408 g/mol. The first-order valence-electron chi connectivity index (χ1n) is 8.69. The van der Waals surface area contributed by atoms with Gasteiger partial charge < -0.3 is 9.72 Å². The fraction of sp³-hybridized carbons (Fsp3) is 0.333. The van der Waals surface area contributed by atoms with Crippen LogP contribution >= 0.6 is 0 Å². The number of nitrogens with one attached hydrogen (secondary N) is 2. The molecular weight excluding hydrogens is 390 g/mol. The molecule has 1 saturated carbocycles. The minimum Gasteiger partial charge on any atom is -0.481 e. The largest absolute Gasteiger partial charge is 0.481 e. The van der Waals surface area contributed by atoms with E-state index in [9.17, 15) is 17.2 Å². The number of hydrogen-bond acceptors (Lipinski definition) is 5. The topological polar surface area (TPSA) is 97.0 Å². The second-order valence-electron chi connectivity index (χ2n) is 6.66. The summed E-state index contributed by atoms with van der Waals surface area (Å²) in [7, 11) is -2.71. The van der Waals surface area contributed by atoms with Crippen molar-refractivity contribution in [3.63, 3.8) is 0 Å². The molecule has 0 saturated heterocycles. The molecule has 4 rings (SSSR count). The maximum Gasteiger partial charge on any atom is 0.266 e. The Bertz CT molecular complexity index is 1130. The third kappa shape index (κ3) is 3.64. The molecule has 1 aliphatic carbocycles. The minimum absolute atomic E-state index is 0.0593. The summed E-state index contributed by atoms with van der Waals surface area (Å²) >= 11 is 0. The number of sulfonamides is 1. The van der Waals surface area contributed by atoms with Crippen molar-refractivity contribution in [2.75, 3.05) is 11.8 Å². The van der Waals surface area contributed by atoms with Crippen molar-refractivity contribution >= 4 is 26.9 Å². The Morgan fingerprint density at radius 3 is 2.82 bits per heavy atom. The third-order valence-corrected chi connectivity index (χ3v) is 5.99. The maximum absolute atomic E-state index is 12.8. The Balaban J connectivity index is 1.63. The van der Waals surface area contributed by atoms with Gasteiger partial charge >= 0.3 is 0 Å². The normalized spacial score (nSPS) is 14.6. The number of fused-ring (bicyclic) bond motifs is 1. The zero-order chi connectivity index (χ0) is 19.9. The van der Waals surface area contributed by atoms with E-state index in [1.807, 2.05) is 12.1 Å². The average Bonchev–Trinajstić information content (AvgIpc) is 3.40. The van der Waals surface area contributed by atoms with Gasteiger partial charge in [0.2, 0.25) is 18.3 Å². The number of ether oxygens (including phenoxy) is 1. The van der Waals surface area contributed by atoms with E-state index in [-0.39, 0.29) is 22.3 Å². The Morgan fingerprint density at radius 2 is 2.14 bits per heavy atom. The van der Waals surface area contributed by atoms with E-state index in [0.29, 0.717) is 11.3 Å². The van der Waals surface area contributed by atoms with E-state index in [2.05, 4.69) is 19.7 Å². The quantitative estimate of drug-likeness (QED) is 0.624. The third-order valence-electron chi connectivity index (χ3n) is 4.62. The van der Waals surface area contributed by atoms with Crippen LogP contribution in [0.3, 0.4) is 0 Å². The fourth-order valence-electron chi connectivity index (χ4n) is 3.11. The molecule has 1 aliphatic rings.